The topological polar surface area (TPSA) is 83.1 Å². The number of anilines is 2. The molecule has 2 aromatic carbocycles. The van der Waals surface area contributed by atoms with Gasteiger partial charge in [-0.15, -0.1) is 0 Å². The van der Waals surface area contributed by atoms with Gasteiger partial charge in [-0.05, 0) is 50.5 Å². The highest BCUT2D eigenvalue weighted by Crippen LogP contribution is 2.23. The summed E-state index contributed by atoms with van der Waals surface area (Å²) in [6.07, 6.45) is -0.561. The molecule has 3 N–H and O–H groups in total. The molecule has 0 aliphatic heterocycles. The zero-order chi connectivity index (χ0) is 18.9. The first kappa shape index (κ1) is 19.6. The Morgan fingerprint density at radius 2 is 1.81 bits per heavy atom. The van der Waals surface area contributed by atoms with Gasteiger partial charge in [0.15, 0.2) is 0 Å². The number of carbonyl (C=O) groups is 1. The lowest BCUT2D eigenvalue weighted by molar-refractivity contribution is 0.0831. The molecule has 2 aromatic rings. The lowest BCUT2D eigenvalue weighted by atomic mass is 10.3. The van der Waals surface area contributed by atoms with E-state index in [-0.39, 0.29) is 12.6 Å². The van der Waals surface area contributed by atoms with Crippen molar-refractivity contribution in [3.63, 3.8) is 0 Å². The molecular weight excluding hydrogens is 334 g/mol. The van der Waals surface area contributed by atoms with E-state index >= 15 is 0 Å². The number of nitrogens with zero attached hydrogens (tertiary/aromatic N) is 1. The zero-order valence-corrected chi connectivity index (χ0v) is 15.2. The second-order valence-electron chi connectivity index (χ2n) is 6.03. The summed E-state index contributed by atoms with van der Waals surface area (Å²) in [5.41, 5.74) is 1.21. The van der Waals surface area contributed by atoms with Crippen molar-refractivity contribution in [1.82, 2.24) is 4.90 Å². The van der Waals surface area contributed by atoms with Crippen LogP contribution in [0.3, 0.4) is 0 Å². The predicted molar refractivity (Wildman–Crippen MR) is 102 cm³/mol. The van der Waals surface area contributed by atoms with Gasteiger partial charge in [-0.2, -0.15) is 0 Å². The molecule has 0 saturated heterocycles. The Morgan fingerprint density at radius 1 is 1.12 bits per heavy atom. The van der Waals surface area contributed by atoms with Gasteiger partial charge in [0.05, 0.1) is 12.8 Å². The average Bonchev–Trinajstić information content (AvgIpc) is 2.61. The van der Waals surface area contributed by atoms with Crippen LogP contribution in [0.25, 0.3) is 0 Å². The summed E-state index contributed by atoms with van der Waals surface area (Å²) in [4.78, 5) is 14.0. The van der Waals surface area contributed by atoms with Crippen LogP contribution in [0, 0.1) is 0 Å². The molecule has 0 radical (unpaired) electrons. The van der Waals surface area contributed by atoms with Crippen LogP contribution in [0.4, 0.5) is 16.2 Å². The van der Waals surface area contributed by atoms with Gasteiger partial charge in [-0.1, -0.05) is 12.1 Å². The maximum Gasteiger partial charge on any atom is 0.323 e. The smallest absolute Gasteiger partial charge is 0.323 e. The van der Waals surface area contributed by atoms with Crippen LogP contribution >= 0.6 is 0 Å². The van der Waals surface area contributed by atoms with E-state index in [0.29, 0.717) is 29.4 Å². The quantitative estimate of drug-likeness (QED) is 0.675. The van der Waals surface area contributed by atoms with Crippen molar-refractivity contribution in [2.45, 2.75) is 6.10 Å². The lowest BCUT2D eigenvalue weighted by Crippen LogP contribution is -2.30. The summed E-state index contributed by atoms with van der Waals surface area (Å²) in [5.74, 6) is 1.21. The van der Waals surface area contributed by atoms with Crippen LogP contribution < -0.4 is 20.1 Å². The molecule has 0 saturated carbocycles. The number of methoxy groups -OCH3 is 1. The lowest BCUT2D eigenvalue weighted by Gasteiger charge is -2.16. The Kier molecular flexibility index (Phi) is 7.25. The third kappa shape index (κ3) is 6.27. The number of hydrogen-bond acceptors (Lipinski definition) is 5. The van der Waals surface area contributed by atoms with E-state index in [4.69, 9.17) is 9.47 Å². The second-order valence-corrected chi connectivity index (χ2v) is 6.03. The van der Waals surface area contributed by atoms with E-state index < -0.39 is 6.10 Å². The maximum atomic E-state index is 12.1. The van der Waals surface area contributed by atoms with Crippen LogP contribution in [0.2, 0.25) is 0 Å². The molecule has 0 aromatic heterocycles. The van der Waals surface area contributed by atoms with Gasteiger partial charge in [-0.25, -0.2) is 4.79 Å². The molecule has 0 bridgehead atoms. The molecule has 2 amide bonds. The molecule has 1 unspecified atom stereocenters. The Balaban J connectivity index is 1.85. The number of hydrogen-bond donors (Lipinski definition) is 3. The van der Waals surface area contributed by atoms with E-state index in [2.05, 4.69) is 10.6 Å². The van der Waals surface area contributed by atoms with E-state index in [1.807, 2.05) is 31.1 Å². The van der Waals surface area contributed by atoms with Crippen molar-refractivity contribution in [3.8, 4) is 11.5 Å². The van der Waals surface area contributed by atoms with Crippen molar-refractivity contribution < 1.29 is 19.4 Å². The summed E-state index contributed by atoms with van der Waals surface area (Å²) in [6, 6.07) is 13.7. The van der Waals surface area contributed by atoms with E-state index in [0.717, 1.165) is 0 Å². The predicted octanol–water partition coefficient (Wildman–Crippen LogP) is 2.64. The minimum Gasteiger partial charge on any atom is -0.495 e. The Morgan fingerprint density at radius 3 is 2.46 bits per heavy atom. The summed E-state index contributed by atoms with van der Waals surface area (Å²) >= 11 is 0. The standard InChI is InChI=1S/C19H25N3O4/c1-22(2)12-15(23)13-26-16-10-8-14(9-11-16)20-19(24)21-17-6-4-5-7-18(17)25-3/h4-11,15,23H,12-13H2,1-3H3,(H2,20,21,24). The summed E-state index contributed by atoms with van der Waals surface area (Å²) in [7, 11) is 5.33. The third-order valence-electron chi connectivity index (χ3n) is 3.49. The van der Waals surface area contributed by atoms with Crippen LogP contribution in [0.15, 0.2) is 48.5 Å². The van der Waals surface area contributed by atoms with Crippen molar-refractivity contribution in [2.24, 2.45) is 0 Å². The molecule has 26 heavy (non-hydrogen) atoms. The largest absolute Gasteiger partial charge is 0.495 e. The molecule has 7 heteroatoms. The number of ether oxygens (including phenoxy) is 2. The monoisotopic (exact) mass is 359 g/mol. The Bertz CT molecular complexity index is 704. The molecule has 0 heterocycles. The molecule has 0 aliphatic carbocycles. The van der Waals surface area contributed by atoms with Crippen LogP contribution in [-0.4, -0.2) is 56.5 Å². The van der Waals surface area contributed by atoms with Gasteiger partial charge in [0, 0.05) is 12.2 Å². The van der Waals surface area contributed by atoms with Crippen molar-refractivity contribution in [3.05, 3.63) is 48.5 Å². The number of amides is 2. The fourth-order valence-corrected chi connectivity index (χ4v) is 2.33. The molecule has 2 rings (SSSR count). The number of nitrogens with one attached hydrogen (secondary N) is 2. The first-order valence-electron chi connectivity index (χ1n) is 8.24. The number of carbonyl (C=O) groups excluding carboxylic acids is 1. The number of likely N-dealkylation sites (N-methyl/N-ethyl adjacent to an activating group) is 1. The number of aliphatic hydroxyl groups excluding tert-OH is 1. The highest BCUT2D eigenvalue weighted by atomic mass is 16.5. The number of urea groups is 1. The molecule has 0 aliphatic rings. The van der Waals surface area contributed by atoms with Gasteiger partial charge in [0.25, 0.3) is 0 Å². The van der Waals surface area contributed by atoms with Gasteiger partial charge in [0.2, 0.25) is 0 Å². The van der Waals surface area contributed by atoms with E-state index in [1.54, 1.807) is 43.5 Å². The van der Waals surface area contributed by atoms with Gasteiger partial charge in [-0.3, -0.25) is 0 Å². The van der Waals surface area contributed by atoms with Crippen molar-refractivity contribution in [1.29, 1.82) is 0 Å². The van der Waals surface area contributed by atoms with Gasteiger partial charge >= 0.3 is 6.03 Å². The summed E-state index contributed by atoms with van der Waals surface area (Å²) in [6.45, 7) is 0.738. The van der Waals surface area contributed by atoms with Gasteiger partial charge in [0.1, 0.15) is 24.2 Å². The first-order valence-corrected chi connectivity index (χ1v) is 8.24. The normalized spacial score (nSPS) is 11.7. The second kappa shape index (κ2) is 9.65. The van der Waals surface area contributed by atoms with Crippen LogP contribution in [-0.2, 0) is 0 Å². The highest BCUT2D eigenvalue weighted by Gasteiger charge is 2.08. The Hall–Kier alpha value is -2.77. The van der Waals surface area contributed by atoms with Crippen LogP contribution in [0.1, 0.15) is 0 Å². The fourth-order valence-electron chi connectivity index (χ4n) is 2.33. The van der Waals surface area contributed by atoms with E-state index in [1.165, 1.54) is 0 Å². The summed E-state index contributed by atoms with van der Waals surface area (Å²) in [5, 5.41) is 15.3. The molecule has 140 valence electrons. The fraction of sp³-hybridized carbons (Fsp3) is 0.316. The number of para-hydroxylation sites is 2. The average molecular weight is 359 g/mol. The molecular formula is C19H25N3O4. The molecule has 0 fully saturated rings. The highest BCUT2D eigenvalue weighted by molar-refractivity contribution is 6.00. The first-order chi connectivity index (χ1) is 12.5. The molecule has 0 spiro atoms. The maximum absolute atomic E-state index is 12.1. The van der Waals surface area contributed by atoms with Crippen molar-refractivity contribution in [2.75, 3.05) is 45.0 Å². The number of aliphatic hydroxyl groups is 1. The van der Waals surface area contributed by atoms with Gasteiger partial charge < -0.3 is 30.1 Å². The number of rotatable bonds is 8. The zero-order valence-electron chi connectivity index (χ0n) is 15.2. The van der Waals surface area contributed by atoms with Crippen LogP contribution in [0.5, 0.6) is 11.5 Å². The molecule has 1 atom stereocenters. The van der Waals surface area contributed by atoms with E-state index in [9.17, 15) is 9.90 Å². The third-order valence-corrected chi connectivity index (χ3v) is 3.49. The minimum atomic E-state index is -0.561. The number of benzene rings is 2. The minimum absolute atomic E-state index is 0.208. The Labute approximate surface area is 153 Å². The molecule has 7 nitrogen and oxygen atoms in total. The van der Waals surface area contributed by atoms with Crippen molar-refractivity contribution >= 4 is 17.4 Å². The SMILES string of the molecule is COc1ccccc1NC(=O)Nc1ccc(OCC(O)CN(C)C)cc1. The summed E-state index contributed by atoms with van der Waals surface area (Å²) < 4.78 is 10.7.